The lowest BCUT2D eigenvalue weighted by molar-refractivity contribution is -0.141. The summed E-state index contributed by atoms with van der Waals surface area (Å²) in [5.41, 5.74) is 0.0773. The number of primary sulfonamides is 1. The molecule has 0 radical (unpaired) electrons. The predicted molar refractivity (Wildman–Crippen MR) is 77.8 cm³/mol. The smallest absolute Gasteiger partial charge is 0.369 e. The Morgan fingerprint density at radius 1 is 1.11 bits per heavy atom. The minimum Gasteiger partial charge on any atom is -0.369 e. The standard InChI is InChI=1S/C13H10F6N4O3S/c14-12(15,16)7-4-22-23(5-7)8-2-1-6(3-9(20)24)10(13(17,18)19)11(8)27(21,25)26/h1-2,4-5H,3H2,(H2,20,24)(H2,21,25,26). The highest BCUT2D eigenvalue weighted by molar-refractivity contribution is 7.89. The first-order valence-corrected chi connectivity index (χ1v) is 8.33. The number of rotatable bonds is 4. The molecule has 7 nitrogen and oxygen atoms in total. The summed E-state index contributed by atoms with van der Waals surface area (Å²) in [7, 11) is -5.09. The number of benzene rings is 1. The molecule has 27 heavy (non-hydrogen) atoms. The topological polar surface area (TPSA) is 121 Å². The fourth-order valence-electron chi connectivity index (χ4n) is 2.33. The highest BCUT2D eigenvalue weighted by Gasteiger charge is 2.41. The van der Waals surface area contributed by atoms with Gasteiger partial charge in [0.25, 0.3) is 0 Å². The number of hydrogen-bond acceptors (Lipinski definition) is 4. The third kappa shape index (κ3) is 4.39. The molecule has 0 saturated heterocycles. The van der Waals surface area contributed by atoms with E-state index in [1.54, 1.807) is 0 Å². The van der Waals surface area contributed by atoms with Crippen LogP contribution < -0.4 is 10.9 Å². The van der Waals surface area contributed by atoms with Crippen molar-refractivity contribution in [3.05, 3.63) is 41.2 Å². The SMILES string of the molecule is NC(=O)Cc1ccc(-n2cc(C(F)(F)F)cn2)c(S(N)(=O)=O)c1C(F)(F)F. The van der Waals surface area contributed by atoms with E-state index < -0.39 is 62.0 Å². The molecular weight excluding hydrogens is 406 g/mol. The maximum atomic E-state index is 13.5. The van der Waals surface area contributed by atoms with Crippen LogP contribution in [0.3, 0.4) is 0 Å². The van der Waals surface area contributed by atoms with Crippen molar-refractivity contribution in [2.75, 3.05) is 0 Å². The lowest BCUT2D eigenvalue weighted by Crippen LogP contribution is -2.25. The Balaban J connectivity index is 2.88. The molecule has 0 aliphatic carbocycles. The summed E-state index contributed by atoms with van der Waals surface area (Å²) in [6.07, 6.45) is -10.5. The number of carbonyl (C=O) groups is 1. The van der Waals surface area contributed by atoms with Crippen LogP contribution in [0.5, 0.6) is 0 Å². The van der Waals surface area contributed by atoms with E-state index in [-0.39, 0.29) is 0 Å². The summed E-state index contributed by atoms with van der Waals surface area (Å²) in [4.78, 5) is 9.49. The van der Waals surface area contributed by atoms with Gasteiger partial charge in [-0.15, -0.1) is 0 Å². The van der Waals surface area contributed by atoms with Gasteiger partial charge in [0.05, 0.1) is 29.4 Å². The molecule has 0 fully saturated rings. The van der Waals surface area contributed by atoms with Crippen LogP contribution in [-0.2, 0) is 33.6 Å². The second-order valence-electron chi connectivity index (χ2n) is 5.31. The van der Waals surface area contributed by atoms with Crippen LogP contribution in [0, 0.1) is 0 Å². The van der Waals surface area contributed by atoms with Crippen molar-refractivity contribution < 1.29 is 39.6 Å². The van der Waals surface area contributed by atoms with E-state index >= 15 is 0 Å². The number of primary amides is 1. The Kier molecular flexibility index (Phi) is 5.00. The third-order valence-corrected chi connectivity index (χ3v) is 4.29. The maximum Gasteiger partial charge on any atom is 0.419 e. The number of hydrogen-bond donors (Lipinski definition) is 2. The Hall–Kier alpha value is -2.61. The molecule has 2 aromatic rings. The number of nitrogens with zero attached hydrogens (tertiary/aromatic N) is 2. The monoisotopic (exact) mass is 416 g/mol. The zero-order valence-electron chi connectivity index (χ0n) is 13.0. The third-order valence-electron chi connectivity index (χ3n) is 3.31. The van der Waals surface area contributed by atoms with Crippen LogP contribution in [0.25, 0.3) is 5.69 Å². The molecule has 1 amide bonds. The Morgan fingerprint density at radius 2 is 1.70 bits per heavy atom. The van der Waals surface area contributed by atoms with Gasteiger partial charge in [-0.3, -0.25) is 4.79 Å². The molecule has 0 spiro atoms. The average molecular weight is 416 g/mol. The van der Waals surface area contributed by atoms with Crippen molar-refractivity contribution in [3.63, 3.8) is 0 Å². The molecule has 1 heterocycles. The first kappa shape index (κ1) is 20.7. The van der Waals surface area contributed by atoms with E-state index in [4.69, 9.17) is 10.9 Å². The molecule has 1 aromatic heterocycles. The number of amides is 1. The molecule has 0 unspecified atom stereocenters. The van der Waals surface area contributed by atoms with E-state index in [0.29, 0.717) is 23.1 Å². The average Bonchev–Trinajstić information content (AvgIpc) is 2.93. The van der Waals surface area contributed by atoms with Gasteiger partial charge >= 0.3 is 12.4 Å². The fraction of sp³-hybridized carbons (Fsp3) is 0.231. The van der Waals surface area contributed by atoms with Crippen molar-refractivity contribution in [1.82, 2.24) is 9.78 Å². The highest BCUT2D eigenvalue weighted by atomic mass is 32.2. The molecule has 0 aliphatic heterocycles. The molecule has 0 saturated carbocycles. The van der Waals surface area contributed by atoms with Gasteiger partial charge in [0.15, 0.2) is 0 Å². The van der Waals surface area contributed by atoms with Crippen molar-refractivity contribution in [1.29, 1.82) is 0 Å². The molecule has 1 aromatic carbocycles. The van der Waals surface area contributed by atoms with E-state index in [0.717, 1.165) is 6.07 Å². The first-order chi connectivity index (χ1) is 12.1. The fourth-order valence-corrected chi connectivity index (χ4v) is 3.31. The van der Waals surface area contributed by atoms with Gasteiger partial charge in [-0.05, 0) is 11.6 Å². The molecule has 148 valence electrons. The van der Waals surface area contributed by atoms with Crippen molar-refractivity contribution in [2.24, 2.45) is 10.9 Å². The summed E-state index contributed by atoms with van der Waals surface area (Å²) in [6, 6.07) is 1.47. The summed E-state index contributed by atoms with van der Waals surface area (Å²) >= 11 is 0. The summed E-state index contributed by atoms with van der Waals surface area (Å²) in [5, 5.41) is 8.14. The Bertz CT molecular complexity index is 994. The lowest BCUT2D eigenvalue weighted by atomic mass is 10.0. The van der Waals surface area contributed by atoms with E-state index in [1.807, 2.05) is 0 Å². The number of nitrogens with two attached hydrogens (primary N) is 2. The van der Waals surface area contributed by atoms with Gasteiger partial charge in [-0.2, -0.15) is 31.4 Å². The minimum absolute atomic E-state index is 0.297. The Labute approximate surface area is 147 Å². The van der Waals surface area contributed by atoms with Gasteiger partial charge < -0.3 is 5.73 Å². The van der Waals surface area contributed by atoms with Crippen LogP contribution in [0.2, 0.25) is 0 Å². The molecule has 4 N–H and O–H groups in total. The van der Waals surface area contributed by atoms with Gasteiger partial charge in [-0.1, -0.05) is 6.07 Å². The van der Waals surface area contributed by atoms with Crippen LogP contribution in [0.15, 0.2) is 29.4 Å². The van der Waals surface area contributed by atoms with Gasteiger partial charge in [0, 0.05) is 6.20 Å². The predicted octanol–water partition coefficient (Wildman–Crippen LogP) is 1.59. The summed E-state index contributed by atoms with van der Waals surface area (Å²) in [5.74, 6) is -1.19. The van der Waals surface area contributed by atoms with Crippen LogP contribution >= 0.6 is 0 Å². The maximum absolute atomic E-state index is 13.5. The molecule has 2 rings (SSSR count). The molecule has 0 bridgehead atoms. The molecular formula is C13H10F6N4O3S. The number of alkyl halides is 6. The first-order valence-electron chi connectivity index (χ1n) is 6.78. The molecule has 14 heteroatoms. The van der Waals surface area contributed by atoms with Crippen LogP contribution in [0.4, 0.5) is 26.3 Å². The summed E-state index contributed by atoms with van der Waals surface area (Å²) < 4.78 is 103. The lowest BCUT2D eigenvalue weighted by Gasteiger charge is -2.19. The van der Waals surface area contributed by atoms with Crippen molar-refractivity contribution in [2.45, 2.75) is 23.7 Å². The van der Waals surface area contributed by atoms with Crippen molar-refractivity contribution >= 4 is 15.9 Å². The molecule has 0 aliphatic rings. The van der Waals surface area contributed by atoms with Gasteiger partial charge in [-0.25, -0.2) is 18.2 Å². The minimum atomic E-state index is -5.30. The van der Waals surface area contributed by atoms with E-state index in [2.05, 4.69) is 5.10 Å². The highest BCUT2D eigenvalue weighted by Crippen LogP contribution is 2.40. The van der Waals surface area contributed by atoms with Gasteiger partial charge in [0.1, 0.15) is 4.90 Å². The number of halogens is 6. The number of carbonyl (C=O) groups excluding carboxylic acids is 1. The van der Waals surface area contributed by atoms with Crippen molar-refractivity contribution in [3.8, 4) is 5.69 Å². The summed E-state index contributed by atoms with van der Waals surface area (Å²) in [6.45, 7) is 0. The zero-order valence-corrected chi connectivity index (χ0v) is 13.8. The molecule has 0 atom stereocenters. The number of aromatic nitrogens is 2. The van der Waals surface area contributed by atoms with Crippen LogP contribution in [-0.4, -0.2) is 24.1 Å². The Morgan fingerprint density at radius 3 is 2.11 bits per heavy atom. The normalized spacial score (nSPS) is 13.0. The second kappa shape index (κ2) is 6.53. The van der Waals surface area contributed by atoms with E-state index in [9.17, 15) is 39.6 Å². The largest absolute Gasteiger partial charge is 0.419 e. The van der Waals surface area contributed by atoms with Gasteiger partial charge in [0.2, 0.25) is 15.9 Å². The quantitative estimate of drug-likeness (QED) is 0.735. The second-order valence-corrected chi connectivity index (χ2v) is 6.80. The van der Waals surface area contributed by atoms with Crippen LogP contribution in [0.1, 0.15) is 16.7 Å². The van der Waals surface area contributed by atoms with E-state index in [1.165, 1.54) is 0 Å². The zero-order chi connectivity index (χ0) is 20.8. The number of sulfonamides is 1.